The number of furan rings is 2. The number of anilines is 5. The zero-order chi connectivity index (χ0) is 46.8. The standard InChI is InChI=1S/C66H47N3O2/c1-4-16-48(17-5-1)67(51-33-36-65-59(42-51)57-23-11-14-26-63(57)70-65)53-38-47(39-54(41-53)68(49-18-6-2-7-19-49)52-34-37-66-60(43-52)58-24-12-15-27-64(58)71-66)45-30-28-44(29-31-45)46-32-35-56-55-22-10-13-25-61(55)69(62(56)40-46)50-20-8-3-9-21-50/h1,3-6,8-28,30-44H,2,7,29H2. The summed E-state index contributed by atoms with van der Waals surface area (Å²) in [6.07, 6.45) is 17.0. The normalized spacial score (nSPS) is 14.8. The van der Waals surface area contributed by atoms with Crippen LogP contribution in [0.3, 0.4) is 0 Å². The van der Waals surface area contributed by atoms with E-state index in [2.05, 4.69) is 239 Å². The van der Waals surface area contributed by atoms with Gasteiger partial charge in [0.1, 0.15) is 22.3 Å². The maximum absolute atomic E-state index is 6.36. The molecule has 3 aromatic heterocycles. The number of benzene rings is 9. The Balaban J connectivity index is 0.930. The summed E-state index contributed by atoms with van der Waals surface area (Å²) in [4.78, 5) is 4.82. The highest BCUT2D eigenvalue weighted by Gasteiger charge is 2.24. The van der Waals surface area contributed by atoms with Gasteiger partial charge in [-0.15, -0.1) is 0 Å². The lowest BCUT2D eigenvalue weighted by Crippen LogP contribution is -2.18. The van der Waals surface area contributed by atoms with Crippen molar-refractivity contribution in [1.29, 1.82) is 0 Å². The third-order valence-corrected chi connectivity index (χ3v) is 14.5. The number of para-hydroxylation sites is 5. The Morgan fingerprint density at radius 3 is 1.69 bits per heavy atom. The molecule has 3 heterocycles. The van der Waals surface area contributed by atoms with Crippen molar-refractivity contribution in [2.24, 2.45) is 0 Å². The van der Waals surface area contributed by atoms with Gasteiger partial charge in [-0.05, 0) is 145 Å². The van der Waals surface area contributed by atoms with Crippen molar-refractivity contribution in [2.75, 3.05) is 9.80 Å². The number of rotatable bonds is 9. The molecule has 5 nitrogen and oxygen atoms in total. The zero-order valence-corrected chi connectivity index (χ0v) is 39.0. The average Bonchev–Trinajstić information content (AvgIpc) is 4.11. The Kier molecular flexibility index (Phi) is 9.73. The Bertz CT molecular complexity index is 4170. The van der Waals surface area contributed by atoms with E-state index in [4.69, 9.17) is 8.83 Å². The molecule has 12 aromatic rings. The van der Waals surface area contributed by atoms with Crippen molar-refractivity contribution in [3.8, 4) is 5.69 Å². The maximum atomic E-state index is 6.36. The van der Waals surface area contributed by atoms with Gasteiger partial charge in [0.25, 0.3) is 0 Å². The molecule has 1 unspecified atom stereocenters. The Morgan fingerprint density at radius 1 is 0.408 bits per heavy atom. The van der Waals surface area contributed by atoms with Gasteiger partial charge in [-0.25, -0.2) is 0 Å². The second kappa shape index (κ2) is 16.9. The smallest absolute Gasteiger partial charge is 0.135 e. The largest absolute Gasteiger partial charge is 0.456 e. The number of aromatic nitrogens is 1. The topological polar surface area (TPSA) is 37.7 Å². The van der Waals surface area contributed by atoms with Gasteiger partial charge in [0.05, 0.1) is 11.0 Å². The number of allylic oxidation sites excluding steroid dienone is 7. The molecule has 0 radical (unpaired) electrons. The van der Waals surface area contributed by atoms with Crippen LogP contribution in [-0.2, 0) is 0 Å². The first kappa shape index (κ1) is 41.0. The molecule has 0 saturated carbocycles. The predicted molar refractivity (Wildman–Crippen MR) is 296 cm³/mol. The molecule has 0 N–H and O–H groups in total. The molecule has 71 heavy (non-hydrogen) atoms. The maximum Gasteiger partial charge on any atom is 0.135 e. The quantitative estimate of drug-likeness (QED) is 0.145. The Hall–Kier alpha value is -9.06. The van der Waals surface area contributed by atoms with Crippen LogP contribution in [0.1, 0.15) is 36.3 Å². The second-order valence-corrected chi connectivity index (χ2v) is 18.7. The van der Waals surface area contributed by atoms with Crippen molar-refractivity contribution < 1.29 is 8.83 Å². The van der Waals surface area contributed by atoms with E-state index in [0.717, 1.165) is 103 Å². The van der Waals surface area contributed by atoms with E-state index < -0.39 is 0 Å². The molecule has 0 amide bonds. The minimum atomic E-state index is 0.218. The summed E-state index contributed by atoms with van der Waals surface area (Å²) >= 11 is 0. The third kappa shape index (κ3) is 7.08. The van der Waals surface area contributed by atoms with Crippen LogP contribution in [0.2, 0.25) is 0 Å². The van der Waals surface area contributed by atoms with Crippen molar-refractivity contribution in [2.45, 2.75) is 25.2 Å². The summed E-state index contributed by atoms with van der Waals surface area (Å²) in [5.74, 6) is 0.218. The van der Waals surface area contributed by atoms with Gasteiger partial charge in [0.2, 0.25) is 0 Å². The highest BCUT2D eigenvalue weighted by Crippen LogP contribution is 2.45. The Labute approximate surface area is 411 Å². The molecule has 1 atom stereocenters. The van der Waals surface area contributed by atoms with Crippen LogP contribution < -0.4 is 9.80 Å². The zero-order valence-electron chi connectivity index (χ0n) is 39.0. The van der Waals surface area contributed by atoms with E-state index in [1.807, 2.05) is 18.2 Å². The molecule has 0 fully saturated rings. The van der Waals surface area contributed by atoms with Crippen LogP contribution in [0.25, 0.3) is 76.9 Å². The average molecular weight is 914 g/mol. The Morgan fingerprint density at radius 2 is 1.01 bits per heavy atom. The second-order valence-electron chi connectivity index (χ2n) is 18.7. The number of hydrogen-bond acceptors (Lipinski definition) is 4. The van der Waals surface area contributed by atoms with Gasteiger partial charge in [0, 0.05) is 78.1 Å². The SMILES string of the molecule is C1=CC(N(c2cc(C3=CCC(c4ccc5c6ccccc6n(-c6ccccc6)c5c4)C=C3)cc(N(c3ccccc3)c3ccc4oc5ccccc5c4c3)c2)c2ccc3oc4ccccc4c3c2)=CCC1. The van der Waals surface area contributed by atoms with E-state index in [1.165, 1.54) is 38.6 Å². The predicted octanol–water partition coefficient (Wildman–Crippen LogP) is 18.6. The van der Waals surface area contributed by atoms with Gasteiger partial charge in [-0.3, -0.25) is 0 Å². The van der Waals surface area contributed by atoms with E-state index in [9.17, 15) is 0 Å². The minimum absolute atomic E-state index is 0.218. The highest BCUT2D eigenvalue weighted by atomic mass is 16.3. The van der Waals surface area contributed by atoms with Crippen LogP contribution in [-0.4, -0.2) is 4.57 Å². The number of fused-ring (bicyclic) bond motifs is 9. The van der Waals surface area contributed by atoms with Crippen molar-refractivity contribution in [1.82, 2.24) is 4.57 Å². The summed E-state index contributed by atoms with van der Waals surface area (Å²) in [6, 6.07) is 74.2. The lowest BCUT2D eigenvalue weighted by Gasteiger charge is -2.31. The summed E-state index contributed by atoms with van der Waals surface area (Å²) in [7, 11) is 0. The van der Waals surface area contributed by atoms with Gasteiger partial charge in [0.15, 0.2) is 0 Å². The lowest BCUT2D eigenvalue weighted by molar-refractivity contribution is 0.668. The van der Waals surface area contributed by atoms with Crippen molar-refractivity contribution >= 4 is 99.7 Å². The fraction of sp³-hybridized carbons (Fsp3) is 0.0606. The van der Waals surface area contributed by atoms with E-state index in [-0.39, 0.29) is 5.92 Å². The van der Waals surface area contributed by atoms with Crippen molar-refractivity contribution in [3.05, 3.63) is 260 Å². The first-order valence-electron chi connectivity index (χ1n) is 24.7. The summed E-state index contributed by atoms with van der Waals surface area (Å²) in [5.41, 5.74) is 17.2. The minimum Gasteiger partial charge on any atom is -0.456 e. The molecule has 338 valence electrons. The molecule has 9 aromatic carbocycles. The highest BCUT2D eigenvalue weighted by molar-refractivity contribution is 6.10. The fourth-order valence-corrected chi connectivity index (χ4v) is 11.1. The van der Waals surface area contributed by atoms with Gasteiger partial charge < -0.3 is 23.2 Å². The fourth-order valence-electron chi connectivity index (χ4n) is 11.1. The summed E-state index contributed by atoms with van der Waals surface area (Å²) in [6.45, 7) is 0. The number of hydrogen-bond donors (Lipinski definition) is 0. The van der Waals surface area contributed by atoms with Crippen LogP contribution in [0, 0.1) is 0 Å². The molecule has 2 aliphatic carbocycles. The molecule has 5 heteroatoms. The van der Waals surface area contributed by atoms with Gasteiger partial charge in [-0.2, -0.15) is 0 Å². The van der Waals surface area contributed by atoms with E-state index in [1.54, 1.807) is 0 Å². The first-order valence-corrected chi connectivity index (χ1v) is 24.7. The number of nitrogens with zero attached hydrogens (tertiary/aromatic N) is 3. The molecule has 0 saturated heterocycles. The van der Waals surface area contributed by atoms with Crippen LogP contribution in [0.15, 0.2) is 257 Å². The van der Waals surface area contributed by atoms with Crippen LogP contribution >= 0.6 is 0 Å². The molecular weight excluding hydrogens is 867 g/mol. The first-order chi connectivity index (χ1) is 35.2. The molecular formula is C66H47N3O2. The molecule has 0 spiro atoms. The van der Waals surface area contributed by atoms with E-state index >= 15 is 0 Å². The van der Waals surface area contributed by atoms with Gasteiger partial charge >= 0.3 is 0 Å². The van der Waals surface area contributed by atoms with Crippen molar-refractivity contribution in [3.63, 3.8) is 0 Å². The van der Waals surface area contributed by atoms with Crippen LogP contribution in [0.5, 0.6) is 0 Å². The third-order valence-electron chi connectivity index (χ3n) is 14.5. The monoisotopic (exact) mass is 913 g/mol. The summed E-state index contributed by atoms with van der Waals surface area (Å²) < 4.78 is 15.1. The molecule has 0 bridgehead atoms. The molecule has 14 rings (SSSR count). The van der Waals surface area contributed by atoms with E-state index in [0.29, 0.717) is 0 Å². The van der Waals surface area contributed by atoms with Crippen LogP contribution in [0.4, 0.5) is 28.4 Å². The molecule has 0 aliphatic heterocycles. The summed E-state index contributed by atoms with van der Waals surface area (Å²) in [5, 5.41) is 6.92. The van der Waals surface area contributed by atoms with Gasteiger partial charge in [-0.1, -0.05) is 134 Å². The lowest BCUT2D eigenvalue weighted by atomic mass is 9.87. The molecule has 2 aliphatic rings.